The molecule has 0 aliphatic rings. The fraction of sp³-hybridized carbons (Fsp3) is 0.350. The van der Waals surface area contributed by atoms with Gasteiger partial charge in [0.2, 0.25) is 5.95 Å². The molecule has 158 valence electrons. The maximum Gasteiger partial charge on any atom is 0.321 e. The zero-order valence-electron chi connectivity index (χ0n) is 17.1. The van der Waals surface area contributed by atoms with Crippen molar-refractivity contribution in [3.8, 4) is 5.75 Å². The summed E-state index contributed by atoms with van der Waals surface area (Å²) < 4.78 is 5.79. The number of hydrogen-bond acceptors (Lipinski definition) is 9. The number of nitrogen functional groups attached to an aromatic ring is 2. The minimum Gasteiger partial charge on any atom is -0.488 e. The molecule has 0 saturated heterocycles. The van der Waals surface area contributed by atoms with Gasteiger partial charge in [0.1, 0.15) is 17.4 Å². The van der Waals surface area contributed by atoms with Crippen LogP contribution in [0.5, 0.6) is 5.75 Å². The lowest BCUT2D eigenvalue weighted by molar-refractivity contribution is -0.139. The van der Waals surface area contributed by atoms with Crippen molar-refractivity contribution in [2.45, 2.75) is 45.4 Å². The monoisotopic (exact) mass is 411 g/mol. The van der Waals surface area contributed by atoms with E-state index in [4.69, 9.17) is 16.2 Å². The zero-order chi connectivity index (χ0) is 21.9. The molecule has 2 heterocycles. The van der Waals surface area contributed by atoms with E-state index in [9.17, 15) is 9.90 Å². The van der Waals surface area contributed by atoms with Crippen LogP contribution in [0.3, 0.4) is 0 Å². The van der Waals surface area contributed by atoms with Gasteiger partial charge in [0.05, 0.1) is 11.9 Å². The van der Waals surface area contributed by atoms with Crippen molar-refractivity contribution in [1.82, 2.24) is 25.3 Å². The predicted molar refractivity (Wildman–Crippen MR) is 113 cm³/mol. The maximum absolute atomic E-state index is 11.7. The van der Waals surface area contributed by atoms with Crippen LogP contribution >= 0.6 is 0 Å². The lowest BCUT2D eigenvalue weighted by Crippen LogP contribution is -2.38. The third-order valence-corrected chi connectivity index (χ3v) is 4.12. The molecule has 1 aromatic carbocycles. The highest BCUT2D eigenvalue weighted by atomic mass is 16.5. The molecule has 6 N–H and O–H groups in total. The molecule has 0 spiro atoms. The van der Waals surface area contributed by atoms with E-state index in [1.165, 1.54) is 6.20 Å². The van der Waals surface area contributed by atoms with E-state index < -0.39 is 12.0 Å². The van der Waals surface area contributed by atoms with Gasteiger partial charge in [0.15, 0.2) is 17.0 Å². The molecule has 0 saturated carbocycles. The number of nitrogens with two attached hydrogens (primary N) is 2. The largest absolute Gasteiger partial charge is 0.488 e. The Morgan fingerprint density at radius 3 is 2.50 bits per heavy atom. The number of aliphatic carboxylic acids is 1. The first-order valence-electron chi connectivity index (χ1n) is 9.39. The van der Waals surface area contributed by atoms with Gasteiger partial charge in [-0.25, -0.2) is 9.97 Å². The lowest BCUT2D eigenvalue weighted by atomic mass is 10.1. The third kappa shape index (κ3) is 5.51. The topological polar surface area (TPSA) is 162 Å². The van der Waals surface area contributed by atoms with Gasteiger partial charge in [-0.3, -0.25) is 10.1 Å². The Morgan fingerprint density at radius 2 is 1.87 bits per heavy atom. The van der Waals surface area contributed by atoms with E-state index in [0.29, 0.717) is 17.6 Å². The predicted octanol–water partition coefficient (Wildman–Crippen LogP) is 1.55. The Morgan fingerprint density at radius 1 is 1.17 bits per heavy atom. The number of carboxylic acids is 1. The molecule has 10 heteroatoms. The lowest BCUT2D eigenvalue weighted by Gasteiger charge is -2.21. The minimum atomic E-state index is -0.964. The Hall–Kier alpha value is -3.53. The number of ether oxygens (including phenoxy) is 1. The van der Waals surface area contributed by atoms with Gasteiger partial charge in [-0.15, -0.1) is 0 Å². The summed E-state index contributed by atoms with van der Waals surface area (Å²) in [6.07, 6.45) is 1.80. The number of nitrogens with zero attached hydrogens (tertiary/aromatic N) is 4. The first-order chi connectivity index (χ1) is 14.1. The molecule has 10 nitrogen and oxygen atoms in total. The van der Waals surface area contributed by atoms with Crippen molar-refractivity contribution in [1.29, 1.82) is 0 Å². The summed E-state index contributed by atoms with van der Waals surface area (Å²) in [4.78, 5) is 28.1. The highest BCUT2D eigenvalue weighted by molar-refractivity contribution is 5.81. The van der Waals surface area contributed by atoms with Gasteiger partial charge in [0.25, 0.3) is 0 Å². The quantitative estimate of drug-likeness (QED) is 0.448. The smallest absolute Gasteiger partial charge is 0.321 e. The van der Waals surface area contributed by atoms with E-state index >= 15 is 0 Å². The van der Waals surface area contributed by atoms with Gasteiger partial charge < -0.3 is 21.3 Å². The first kappa shape index (κ1) is 21.2. The number of hydrogen-bond donors (Lipinski definition) is 4. The standard InChI is InChI=1S/C20H25N7O3/c1-20(2,3)30-13-6-4-11(5-7-13)8-14(18(28)29)23-9-12-10-24-17-15(25-12)16(21)26-19(22)27-17/h4-7,10,14,23H,8-9H2,1-3H3,(H,28,29)(H4,21,22,24,26,27). The molecule has 3 aromatic rings. The summed E-state index contributed by atoms with van der Waals surface area (Å²) in [6.45, 7) is 6.09. The van der Waals surface area contributed by atoms with E-state index in [1.54, 1.807) is 0 Å². The van der Waals surface area contributed by atoms with Crippen LogP contribution in [0, 0.1) is 0 Å². The molecule has 0 fully saturated rings. The second-order valence-corrected chi connectivity index (χ2v) is 7.83. The van der Waals surface area contributed by atoms with Gasteiger partial charge in [-0.2, -0.15) is 9.97 Å². The molecule has 3 rings (SSSR count). The number of benzene rings is 1. The number of carbonyl (C=O) groups is 1. The molecular weight excluding hydrogens is 386 g/mol. The fourth-order valence-electron chi connectivity index (χ4n) is 2.83. The van der Waals surface area contributed by atoms with Crippen molar-refractivity contribution >= 4 is 28.9 Å². The Bertz CT molecular complexity index is 1050. The number of nitrogens with one attached hydrogen (secondary N) is 1. The van der Waals surface area contributed by atoms with E-state index in [1.807, 2.05) is 45.0 Å². The van der Waals surface area contributed by atoms with E-state index in [2.05, 4.69) is 25.3 Å². The maximum atomic E-state index is 11.7. The average molecular weight is 411 g/mol. The molecule has 0 radical (unpaired) electrons. The van der Waals surface area contributed by atoms with Crippen LogP contribution in [-0.2, 0) is 17.8 Å². The molecule has 30 heavy (non-hydrogen) atoms. The molecule has 2 aromatic heterocycles. The summed E-state index contributed by atoms with van der Waals surface area (Å²) in [5.74, 6) is -0.0865. The molecule has 0 aliphatic heterocycles. The van der Waals surface area contributed by atoms with Crippen LogP contribution < -0.4 is 21.5 Å². The molecule has 1 unspecified atom stereocenters. The summed E-state index contributed by atoms with van der Waals surface area (Å²) in [5, 5.41) is 12.6. The van der Waals surface area contributed by atoms with Crippen LogP contribution in [0.1, 0.15) is 32.0 Å². The van der Waals surface area contributed by atoms with Crippen LogP contribution in [0.2, 0.25) is 0 Å². The van der Waals surface area contributed by atoms with Gasteiger partial charge >= 0.3 is 5.97 Å². The highest BCUT2D eigenvalue weighted by Crippen LogP contribution is 2.19. The number of aromatic nitrogens is 4. The minimum absolute atomic E-state index is 0.0186. The van der Waals surface area contributed by atoms with Crippen LogP contribution in [0.15, 0.2) is 30.5 Å². The molecule has 1 atom stereocenters. The van der Waals surface area contributed by atoms with Gasteiger partial charge in [-0.05, 0) is 44.9 Å². The number of rotatable bonds is 7. The van der Waals surface area contributed by atoms with Crippen molar-refractivity contribution < 1.29 is 14.6 Å². The summed E-state index contributed by atoms with van der Waals surface area (Å²) >= 11 is 0. The second kappa shape index (κ2) is 8.46. The van der Waals surface area contributed by atoms with Crippen LogP contribution in [0.4, 0.5) is 11.8 Å². The molecule has 0 amide bonds. The Labute approximate surface area is 173 Å². The highest BCUT2D eigenvalue weighted by Gasteiger charge is 2.19. The first-order valence-corrected chi connectivity index (χ1v) is 9.39. The fourth-order valence-corrected chi connectivity index (χ4v) is 2.83. The van der Waals surface area contributed by atoms with Crippen molar-refractivity contribution in [2.75, 3.05) is 11.5 Å². The van der Waals surface area contributed by atoms with E-state index in [0.717, 1.165) is 11.3 Å². The zero-order valence-corrected chi connectivity index (χ0v) is 17.1. The van der Waals surface area contributed by atoms with Crippen LogP contribution in [-0.4, -0.2) is 42.7 Å². The Kier molecular flexibility index (Phi) is 5.97. The van der Waals surface area contributed by atoms with Gasteiger partial charge in [-0.1, -0.05) is 12.1 Å². The average Bonchev–Trinajstić information content (AvgIpc) is 2.65. The number of fused-ring (bicyclic) bond motifs is 1. The normalized spacial score (nSPS) is 12.6. The summed E-state index contributed by atoms with van der Waals surface area (Å²) in [7, 11) is 0. The van der Waals surface area contributed by atoms with Gasteiger partial charge in [0, 0.05) is 6.54 Å². The molecular formula is C20H25N7O3. The van der Waals surface area contributed by atoms with Crippen molar-refractivity contribution in [3.05, 3.63) is 41.7 Å². The van der Waals surface area contributed by atoms with Crippen LogP contribution in [0.25, 0.3) is 11.2 Å². The second-order valence-electron chi connectivity index (χ2n) is 7.83. The van der Waals surface area contributed by atoms with Crippen molar-refractivity contribution in [3.63, 3.8) is 0 Å². The molecule has 0 bridgehead atoms. The Balaban J connectivity index is 1.68. The third-order valence-electron chi connectivity index (χ3n) is 4.12. The SMILES string of the molecule is CC(C)(C)Oc1ccc(CC(NCc2cnc3nc(N)nc(N)c3n2)C(=O)O)cc1. The number of anilines is 2. The van der Waals surface area contributed by atoms with E-state index in [-0.39, 0.29) is 29.6 Å². The molecule has 0 aliphatic carbocycles. The summed E-state index contributed by atoms with van der Waals surface area (Å²) in [5.41, 5.74) is 13.1. The van der Waals surface area contributed by atoms with Crippen molar-refractivity contribution in [2.24, 2.45) is 0 Å². The number of carboxylic acid groups (broad SMARTS) is 1. The summed E-state index contributed by atoms with van der Waals surface area (Å²) in [6, 6.07) is 6.58.